The first-order valence-electron chi connectivity index (χ1n) is 9.17. The zero-order valence-electron chi connectivity index (χ0n) is 16.6. The number of ketones is 1. The molecule has 0 aliphatic heterocycles. The molecule has 0 heterocycles. The van der Waals surface area contributed by atoms with E-state index in [0.29, 0.717) is 5.56 Å². The molecule has 0 aliphatic rings. The van der Waals surface area contributed by atoms with E-state index >= 15 is 0 Å². The van der Waals surface area contributed by atoms with Gasteiger partial charge >= 0.3 is 5.97 Å². The van der Waals surface area contributed by atoms with Crippen molar-refractivity contribution in [1.29, 1.82) is 0 Å². The van der Waals surface area contributed by atoms with Crippen LogP contribution in [0.25, 0.3) is 11.1 Å². The van der Waals surface area contributed by atoms with E-state index in [-0.39, 0.29) is 16.2 Å². The number of ether oxygens (including phenoxy) is 1. The fourth-order valence-electron chi connectivity index (χ4n) is 2.75. The number of Topliss-reactive ketones (excluding diaryl/α,β-unsaturated/α-hetero) is 1. The topological polar surface area (TPSA) is 80.8 Å². The molecule has 0 atom stereocenters. The van der Waals surface area contributed by atoms with Gasteiger partial charge in [0.2, 0.25) is 10.0 Å². The average molecular weight is 423 g/mol. The lowest BCUT2D eigenvalue weighted by Gasteiger charge is -2.11. The molecule has 0 aliphatic carbocycles. The Hall–Kier alpha value is -3.29. The van der Waals surface area contributed by atoms with E-state index in [2.05, 4.69) is 0 Å². The molecule has 0 aromatic heterocycles. The lowest BCUT2D eigenvalue weighted by molar-refractivity contribution is 0.0474. The number of esters is 1. The minimum atomic E-state index is -3.58. The Kier molecular flexibility index (Phi) is 6.44. The fourth-order valence-corrected chi connectivity index (χ4v) is 3.65. The number of carbonyl (C=O) groups is 2. The summed E-state index contributed by atoms with van der Waals surface area (Å²) in [6.45, 7) is -0.402. The number of hydrogen-bond acceptors (Lipinski definition) is 5. The minimum absolute atomic E-state index is 0.0682. The number of carbonyl (C=O) groups excluding carboxylic acids is 2. The Morgan fingerprint density at radius 2 is 1.30 bits per heavy atom. The molecule has 0 radical (unpaired) electrons. The SMILES string of the molecule is CN(C)S(=O)(=O)c1ccc(C(=O)OCC(=O)c2ccc(-c3ccccc3)cc2)cc1. The van der Waals surface area contributed by atoms with E-state index in [1.54, 1.807) is 12.1 Å². The lowest BCUT2D eigenvalue weighted by atomic mass is 10.0. The molecule has 6 nitrogen and oxygen atoms in total. The van der Waals surface area contributed by atoms with Gasteiger partial charge in [-0.3, -0.25) is 4.79 Å². The summed E-state index contributed by atoms with van der Waals surface area (Å²) in [5.74, 6) is -1.02. The van der Waals surface area contributed by atoms with Crippen LogP contribution >= 0.6 is 0 Å². The zero-order chi connectivity index (χ0) is 21.7. The van der Waals surface area contributed by atoms with Crippen molar-refractivity contribution in [1.82, 2.24) is 4.31 Å². The van der Waals surface area contributed by atoms with Gasteiger partial charge in [0, 0.05) is 19.7 Å². The van der Waals surface area contributed by atoms with Gasteiger partial charge in [-0.05, 0) is 35.4 Å². The standard InChI is InChI=1S/C23H21NO5S/c1-24(2)30(27,28)21-14-12-20(13-15-21)23(26)29-16-22(25)19-10-8-18(9-11-19)17-6-4-3-5-7-17/h3-15H,16H2,1-2H3. The number of benzene rings is 3. The summed E-state index contributed by atoms with van der Waals surface area (Å²) in [5, 5.41) is 0. The van der Waals surface area contributed by atoms with Crippen LogP contribution < -0.4 is 0 Å². The fraction of sp³-hybridized carbons (Fsp3) is 0.130. The second-order valence-corrected chi connectivity index (χ2v) is 8.91. The van der Waals surface area contributed by atoms with E-state index in [1.807, 2.05) is 42.5 Å². The highest BCUT2D eigenvalue weighted by Crippen LogP contribution is 2.19. The Morgan fingerprint density at radius 3 is 1.87 bits per heavy atom. The van der Waals surface area contributed by atoms with Crippen LogP contribution in [0.4, 0.5) is 0 Å². The van der Waals surface area contributed by atoms with Gasteiger partial charge in [-0.2, -0.15) is 0 Å². The Balaban J connectivity index is 1.61. The molecule has 0 spiro atoms. The molecule has 3 aromatic carbocycles. The second kappa shape index (κ2) is 9.02. The molecule has 0 saturated carbocycles. The molecule has 3 aromatic rings. The molecule has 0 bridgehead atoms. The van der Waals surface area contributed by atoms with E-state index in [4.69, 9.17) is 4.74 Å². The summed E-state index contributed by atoms with van der Waals surface area (Å²) >= 11 is 0. The molecule has 7 heteroatoms. The van der Waals surface area contributed by atoms with Gasteiger partial charge < -0.3 is 4.74 Å². The molecule has 30 heavy (non-hydrogen) atoms. The first-order chi connectivity index (χ1) is 14.3. The van der Waals surface area contributed by atoms with Crippen molar-refractivity contribution < 1.29 is 22.7 Å². The Labute approximate surface area is 175 Å². The molecule has 154 valence electrons. The quantitative estimate of drug-likeness (QED) is 0.428. The first kappa shape index (κ1) is 21.4. The number of sulfonamides is 1. The van der Waals surface area contributed by atoms with Crippen molar-refractivity contribution in [3.63, 3.8) is 0 Å². The monoisotopic (exact) mass is 423 g/mol. The van der Waals surface area contributed by atoms with Crippen molar-refractivity contribution in [2.75, 3.05) is 20.7 Å². The van der Waals surface area contributed by atoms with Gasteiger partial charge in [-0.25, -0.2) is 17.5 Å². The van der Waals surface area contributed by atoms with Crippen LogP contribution in [0.5, 0.6) is 0 Å². The summed E-state index contributed by atoms with van der Waals surface area (Å²) in [4.78, 5) is 24.6. The smallest absolute Gasteiger partial charge is 0.338 e. The maximum absolute atomic E-state index is 12.3. The van der Waals surface area contributed by atoms with Crippen LogP contribution in [0, 0.1) is 0 Å². The van der Waals surface area contributed by atoms with Gasteiger partial charge in [0.25, 0.3) is 0 Å². The predicted molar refractivity (Wildman–Crippen MR) is 114 cm³/mol. The summed E-state index contributed by atoms with van der Waals surface area (Å²) in [6.07, 6.45) is 0. The Morgan fingerprint density at radius 1 is 0.767 bits per heavy atom. The van der Waals surface area contributed by atoms with Gasteiger partial charge in [0.1, 0.15) is 0 Å². The lowest BCUT2D eigenvalue weighted by Crippen LogP contribution is -2.22. The van der Waals surface area contributed by atoms with Crippen molar-refractivity contribution >= 4 is 21.8 Å². The maximum Gasteiger partial charge on any atom is 0.338 e. The average Bonchev–Trinajstić information content (AvgIpc) is 2.78. The molecule has 3 rings (SSSR count). The number of rotatable bonds is 7. The molecular formula is C23H21NO5S. The van der Waals surface area contributed by atoms with Gasteiger partial charge in [-0.1, -0.05) is 54.6 Å². The highest BCUT2D eigenvalue weighted by atomic mass is 32.2. The summed E-state index contributed by atoms with van der Waals surface area (Å²) in [5.41, 5.74) is 2.63. The third kappa shape index (κ3) is 4.82. The van der Waals surface area contributed by atoms with Crippen molar-refractivity contribution in [2.24, 2.45) is 0 Å². The van der Waals surface area contributed by atoms with Crippen molar-refractivity contribution in [2.45, 2.75) is 4.90 Å². The van der Waals surface area contributed by atoms with E-state index in [9.17, 15) is 18.0 Å². The van der Waals surface area contributed by atoms with Gasteiger partial charge in [0.05, 0.1) is 10.5 Å². The minimum Gasteiger partial charge on any atom is -0.454 e. The number of nitrogens with zero attached hydrogens (tertiary/aromatic N) is 1. The molecular weight excluding hydrogens is 402 g/mol. The van der Waals surface area contributed by atoms with E-state index in [0.717, 1.165) is 15.4 Å². The van der Waals surface area contributed by atoms with Crippen LogP contribution in [0.1, 0.15) is 20.7 Å². The van der Waals surface area contributed by atoms with E-state index < -0.39 is 22.6 Å². The van der Waals surface area contributed by atoms with Crippen LogP contribution in [-0.4, -0.2) is 45.2 Å². The van der Waals surface area contributed by atoms with Crippen LogP contribution in [-0.2, 0) is 14.8 Å². The predicted octanol–water partition coefficient (Wildman–Crippen LogP) is 3.64. The number of hydrogen-bond donors (Lipinski definition) is 0. The molecule has 0 unspecified atom stereocenters. The molecule has 0 amide bonds. The van der Waals surface area contributed by atoms with Crippen LogP contribution in [0.3, 0.4) is 0 Å². The van der Waals surface area contributed by atoms with Gasteiger partial charge in [0.15, 0.2) is 12.4 Å². The highest BCUT2D eigenvalue weighted by molar-refractivity contribution is 7.89. The van der Waals surface area contributed by atoms with Crippen molar-refractivity contribution in [3.8, 4) is 11.1 Å². The molecule has 0 saturated heterocycles. The third-order valence-corrected chi connectivity index (χ3v) is 6.35. The third-order valence-electron chi connectivity index (χ3n) is 4.52. The van der Waals surface area contributed by atoms with Gasteiger partial charge in [-0.15, -0.1) is 0 Å². The maximum atomic E-state index is 12.3. The van der Waals surface area contributed by atoms with Crippen LogP contribution in [0.15, 0.2) is 83.8 Å². The normalized spacial score (nSPS) is 11.3. The summed E-state index contributed by atoms with van der Waals surface area (Å²) in [6, 6.07) is 22.2. The summed E-state index contributed by atoms with van der Waals surface area (Å²) in [7, 11) is -0.726. The molecule has 0 N–H and O–H groups in total. The summed E-state index contributed by atoms with van der Waals surface area (Å²) < 4.78 is 30.3. The zero-order valence-corrected chi connectivity index (χ0v) is 17.4. The Bertz CT molecular complexity index is 1140. The highest BCUT2D eigenvalue weighted by Gasteiger charge is 2.18. The second-order valence-electron chi connectivity index (χ2n) is 6.75. The van der Waals surface area contributed by atoms with Crippen molar-refractivity contribution in [3.05, 3.63) is 90.0 Å². The van der Waals surface area contributed by atoms with Crippen LogP contribution in [0.2, 0.25) is 0 Å². The largest absolute Gasteiger partial charge is 0.454 e. The first-order valence-corrected chi connectivity index (χ1v) is 10.6. The molecule has 0 fully saturated rings. The van der Waals surface area contributed by atoms with E-state index in [1.165, 1.54) is 38.4 Å².